The normalized spacial score (nSPS) is 12.3. The van der Waals surface area contributed by atoms with Crippen LogP contribution in [0.2, 0.25) is 0 Å². The first-order valence-electron chi connectivity index (χ1n) is 9.09. The Hall–Kier alpha value is -3.21. The fourth-order valence-corrected chi connectivity index (χ4v) is 2.39. The number of ether oxygens (including phenoxy) is 1. The van der Waals surface area contributed by atoms with Crippen molar-refractivity contribution >= 4 is 17.9 Å². The van der Waals surface area contributed by atoms with Gasteiger partial charge in [0.05, 0.1) is 0 Å². The highest BCUT2D eigenvalue weighted by molar-refractivity contribution is 5.91. The zero-order valence-corrected chi connectivity index (χ0v) is 17.7. The van der Waals surface area contributed by atoms with Crippen LogP contribution in [0.15, 0.2) is 24.3 Å². The second-order valence-corrected chi connectivity index (χ2v) is 8.49. The van der Waals surface area contributed by atoms with Gasteiger partial charge in [0.25, 0.3) is 5.91 Å². The molecular formula is C21H29N3O5. The van der Waals surface area contributed by atoms with Crippen LogP contribution in [0.4, 0.5) is 4.79 Å². The summed E-state index contributed by atoms with van der Waals surface area (Å²) in [5.41, 5.74) is -0.977. The summed E-state index contributed by atoms with van der Waals surface area (Å²) in [5, 5.41) is 14.9. The van der Waals surface area contributed by atoms with Gasteiger partial charge in [-0.25, -0.2) is 4.79 Å². The number of nitrogens with zero attached hydrogens (tertiary/aromatic N) is 1. The number of alkyl carbamates (subject to hydrolysis) is 1. The molecule has 158 valence electrons. The molecule has 1 rings (SSSR count). The van der Waals surface area contributed by atoms with E-state index in [1.165, 1.54) is 12.1 Å². The third kappa shape index (κ3) is 8.13. The smallest absolute Gasteiger partial charge is 0.408 e. The third-order valence-electron chi connectivity index (χ3n) is 3.38. The van der Waals surface area contributed by atoms with Gasteiger partial charge < -0.3 is 20.5 Å². The van der Waals surface area contributed by atoms with Crippen molar-refractivity contribution in [2.75, 3.05) is 6.54 Å². The first-order valence-corrected chi connectivity index (χ1v) is 9.09. The lowest BCUT2D eigenvalue weighted by Crippen LogP contribution is -2.49. The van der Waals surface area contributed by atoms with Gasteiger partial charge in [-0.3, -0.25) is 14.5 Å². The summed E-state index contributed by atoms with van der Waals surface area (Å²) in [7, 11) is 0. The SMILES string of the molecule is C#CN(C(=O)CNC(=O)OC(C)(C)C)C(C(=O)NC(C)(C)C)c1cccc(O)c1. The maximum absolute atomic E-state index is 12.9. The third-order valence-corrected chi connectivity index (χ3v) is 3.38. The van der Waals surface area contributed by atoms with Crippen molar-refractivity contribution in [3.05, 3.63) is 29.8 Å². The van der Waals surface area contributed by atoms with Crippen molar-refractivity contribution in [1.82, 2.24) is 15.5 Å². The molecule has 1 aromatic carbocycles. The lowest BCUT2D eigenvalue weighted by molar-refractivity contribution is -0.137. The summed E-state index contributed by atoms with van der Waals surface area (Å²) >= 11 is 0. The van der Waals surface area contributed by atoms with Gasteiger partial charge in [0.15, 0.2) is 0 Å². The standard InChI is InChI=1S/C21H29N3O5/c1-8-24(16(26)13-22-19(28)29-21(5,6)7)17(18(27)23-20(2,3)4)14-10-9-11-15(25)12-14/h1,9-12,17,25H,13H2,2-7H3,(H,22,28)(H,23,27). The van der Waals surface area contributed by atoms with Crippen LogP contribution in [0.25, 0.3) is 0 Å². The topological polar surface area (TPSA) is 108 Å². The van der Waals surface area contributed by atoms with Crippen LogP contribution in [0.5, 0.6) is 5.75 Å². The first kappa shape index (κ1) is 23.8. The molecule has 0 aromatic heterocycles. The molecule has 0 radical (unpaired) electrons. The molecule has 1 unspecified atom stereocenters. The predicted octanol–water partition coefficient (Wildman–Crippen LogP) is 2.29. The zero-order valence-electron chi connectivity index (χ0n) is 17.7. The van der Waals surface area contributed by atoms with Crippen molar-refractivity contribution in [3.8, 4) is 18.2 Å². The van der Waals surface area contributed by atoms with E-state index >= 15 is 0 Å². The molecule has 3 N–H and O–H groups in total. The number of hydrogen-bond donors (Lipinski definition) is 3. The lowest BCUT2D eigenvalue weighted by atomic mass is 10.0. The number of benzene rings is 1. The second-order valence-electron chi connectivity index (χ2n) is 8.49. The number of phenolic OH excluding ortho intramolecular Hbond substituents is 1. The van der Waals surface area contributed by atoms with Gasteiger partial charge >= 0.3 is 6.09 Å². The average Bonchev–Trinajstić information content (AvgIpc) is 2.54. The largest absolute Gasteiger partial charge is 0.508 e. The van der Waals surface area contributed by atoms with E-state index in [0.29, 0.717) is 5.56 Å². The van der Waals surface area contributed by atoms with Crippen molar-refractivity contribution < 1.29 is 24.2 Å². The molecule has 0 saturated carbocycles. The Balaban J connectivity index is 3.11. The van der Waals surface area contributed by atoms with E-state index in [-0.39, 0.29) is 5.75 Å². The van der Waals surface area contributed by atoms with Gasteiger partial charge in [0.1, 0.15) is 23.9 Å². The molecule has 8 nitrogen and oxygen atoms in total. The highest BCUT2D eigenvalue weighted by Gasteiger charge is 2.33. The average molecular weight is 403 g/mol. The predicted molar refractivity (Wildman–Crippen MR) is 109 cm³/mol. The molecule has 0 aliphatic carbocycles. The van der Waals surface area contributed by atoms with Crippen molar-refractivity contribution in [2.24, 2.45) is 0 Å². The lowest BCUT2D eigenvalue weighted by Gasteiger charge is -2.30. The Kier molecular flexibility index (Phi) is 7.66. The maximum atomic E-state index is 12.9. The molecule has 8 heteroatoms. The number of carbonyl (C=O) groups is 3. The van der Waals surface area contributed by atoms with Crippen LogP contribution >= 0.6 is 0 Å². The quantitative estimate of drug-likeness (QED) is 0.516. The van der Waals surface area contributed by atoms with Crippen molar-refractivity contribution in [1.29, 1.82) is 0 Å². The fourth-order valence-electron chi connectivity index (χ4n) is 2.39. The number of amides is 3. The summed E-state index contributed by atoms with van der Waals surface area (Å²) in [6.45, 7) is 9.98. The number of rotatable bonds is 5. The number of nitrogens with one attached hydrogen (secondary N) is 2. The van der Waals surface area contributed by atoms with Crippen molar-refractivity contribution in [2.45, 2.75) is 58.7 Å². The van der Waals surface area contributed by atoms with E-state index in [9.17, 15) is 19.5 Å². The molecule has 0 spiro atoms. The van der Waals surface area contributed by atoms with Gasteiger partial charge in [0.2, 0.25) is 5.91 Å². The van der Waals surface area contributed by atoms with E-state index in [1.807, 2.05) is 0 Å². The molecule has 3 amide bonds. The summed E-state index contributed by atoms with van der Waals surface area (Å²) in [6, 6.07) is 6.92. The van der Waals surface area contributed by atoms with Crippen LogP contribution in [-0.4, -0.2) is 45.6 Å². The van der Waals surface area contributed by atoms with E-state index in [0.717, 1.165) is 4.90 Å². The Bertz CT molecular complexity index is 800. The first-order chi connectivity index (χ1) is 13.2. The van der Waals surface area contributed by atoms with E-state index in [2.05, 4.69) is 16.7 Å². The van der Waals surface area contributed by atoms with Crippen LogP contribution in [0.3, 0.4) is 0 Å². The van der Waals surface area contributed by atoms with Gasteiger partial charge in [-0.15, -0.1) is 0 Å². The molecule has 29 heavy (non-hydrogen) atoms. The Morgan fingerprint density at radius 3 is 2.31 bits per heavy atom. The van der Waals surface area contributed by atoms with Crippen LogP contribution in [0, 0.1) is 12.5 Å². The molecule has 0 fully saturated rings. The van der Waals surface area contributed by atoms with Crippen LogP contribution in [0.1, 0.15) is 53.1 Å². The van der Waals surface area contributed by atoms with E-state index in [1.54, 1.807) is 53.7 Å². The number of phenols is 1. The summed E-state index contributed by atoms with van der Waals surface area (Å²) < 4.78 is 5.09. The number of terminal acetylenes is 1. The highest BCUT2D eigenvalue weighted by atomic mass is 16.6. The van der Waals surface area contributed by atoms with Gasteiger partial charge in [-0.05, 0) is 59.2 Å². The minimum Gasteiger partial charge on any atom is -0.508 e. The van der Waals surface area contributed by atoms with E-state index in [4.69, 9.17) is 11.2 Å². The minimum absolute atomic E-state index is 0.0765. The highest BCUT2D eigenvalue weighted by Crippen LogP contribution is 2.25. The number of aromatic hydroxyl groups is 1. The summed E-state index contributed by atoms with van der Waals surface area (Å²) in [6.07, 6.45) is 4.75. The molecule has 0 saturated heterocycles. The molecule has 1 atom stereocenters. The molecule has 1 aromatic rings. The summed E-state index contributed by atoms with van der Waals surface area (Å²) in [5.74, 6) is -1.28. The fraction of sp³-hybridized carbons (Fsp3) is 0.476. The second kappa shape index (κ2) is 9.32. The summed E-state index contributed by atoms with van der Waals surface area (Å²) in [4.78, 5) is 38.3. The monoisotopic (exact) mass is 403 g/mol. The van der Waals surface area contributed by atoms with E-state index < -0.39 is 41.6 Å². The Morgan fingerprint density at radius 2 is 1.83 bits per heavy atom. The van der Waals surface area contributed by atoms with Crippen molar-refractivity contribution in [3.63, 3.8) is 0 Å². The van der Waals surface area contributed by atoms with Gasteiger partial charge in [-0.2, -0.15) is 0 Å². The molecule has 0 aliphatic heterocycles. The zero-order chi connectivity index (χ0) is 22.4. The number of hydrogen-bond acceptors (Lipinski definition) is 5. The number of carbonyl (C=O) groups excluding carboxylic acids is 3. The van der Waals surface area contributed by atoms with Crippen LogP contribution in [-0.2, 0) is 14.3 Å². The maximum Gasteiger partial charge on any atom is 0.408 e. The minimum atomic E-state index is -1.20. The molecule has 0 heterocycles. The molecule has 0 bridgehead atoms. The van der Waals surface area contributed by atoms with Gasteiger partial charge in [-0.1, -0.05) is 18.6 Å². The molecule has 0 aliphatic rings. The Morgan fingerprint density at radius 1 is 1.21 bits per heavy atom. The molecular weight excluding hydrogens is 374 g/mol. The Labute approximate surface area is 171 Å². The van der Waals surface area contributed by atoms with Crippen LogP contribution < -0.4 is 10.6 Å². The van der Waals surface area contributed by atoms with Gasteiger partial charge in [0, 0.05) is 11.6 Å².